The van der Waals surface area contributed by atoms with E-state index in [-0.39, 0.29) is 11.9 Å². The Hall–Kier alpha value is -0.570. The highest BCUT2D eigenvalue weighted by atomic mass is 16.1. The van der Waals surface area contributed by atoms with Crippen LogP contribution in [0.25, 0.3) is 0 Å². The van der Waals surface area contributed by atoms with E-state index in [2.05, 4.69) is 19.2 Å². The first-order valence-electron chi connectivity index (χ1n) is 8.03. The van der Waals surface area contributed by atoms with Crippen molar-refractivity contribution in [2.45, 2.75) is 71.3 Å². The lowest BCUT2D eigenvalue weighted by Gasteiger charge is -2.43. The summed E-state index contributed by atoms with van der Waals surface area (Å²) in [5, 5.41) is 3.18. The van der Waals surface area contributed by atoms with Crippen LogP contribution < -0.4 is 11.1 Å². The minimum atomic E-state index is 0.220. The van der Waals surface area contributed by atoms with Gasteiger partial charge in [0.25, 0.3) is 0 Å². The van der Waals surface area contributed by atoms with Gasteiger partial charge in [-0.25, -0.2) is 0 Å². The van der Waals surface area contributed by atoms with Crippen LogP contribution in [0, 0.1) is 17.3 Å². The van der Waals surface area contributed by atoms with E-state index < -0.39 is 0 Å². The molecular weight excluding hydrogens is 236 g/mol. The maximum absolute atomic E-state index is 12.1. The van der Waals surface area contributed by atoms with Gasteiger partial charge in [0.2, 0.25) is 5.91 Å². The summed E-state index contributed by atoms with van der Waals surface area (Å²) in [7, 11) is 0. The van der Waals surface area contributed by atoms with Crippen LogP contribution in [0.15, 0.2) is 0 Å². The van der Waals surface area contributed by atoms with Gasteiger partial charge in [0, 0.05) is 19.0 Å². The van der Waals surface area contributed by atoms with E-state index in [4.69, 9.17) is 5.73 Å². The fourth-order valence-corrected chi connectivity index (χ4v) is 3.91. The Morgan fingerprint density at radius 2 is 2.05 bits per heavy atom. The van der Waals surface area contributed by atoms with Crippen LogP contribution in [0.4, 0.5) is 0 Å². The van der Waals surface area contributed by atoms with Crippen LogP contribution >= 0.6 is 0 Å². The molecule has 1 amide bonds. The number of carbonyl (C=O) groups is 1. The van der Waals surface area contributed by atoms with Crippen molar-refractivity contribution in [2.75, 3.05) is 6.54 Å². The van der Waals surface area contributed by atoms with Crippen LogP contribution in [-0.2, 0) is 4.79 Å². The van der Waals surface area contributed by atoms with Crippen molar-refractivity contribution in [1.82, 2.24) is 5.32 Å². The SMILES string of the molecule is CC(C)CC1(CNC(=O)C[C@@H]2CCC[C@H]2N)CCC1. The highest BCUT2D eigenvalue weighted by Gasteiger charge is 2.37. The van der Waals surface area contributed by atoms with Gasteiger partial charge in [-0.2, -0.15) is 0 Å². The van der Waals surface area contributed by atoms with E-state index in [0.717, 1.165) is 25.3 Å². The molecule has 0 aromatic rings. The standard InChI is InChI=1S/C16H30N2O/c1-12(2)10-16(7-4-8-16)11-18-15(19)9-13-5-3-6-14(13)17/h12-14H,3-11,17H2,1-2H3,(H,18,19)/t13-,14+/m0/s1. The molecule has 0 aromatic heterocycles. The third-order valence-corrected chi connectivity index (χ3v) is 5.08. The molecule has 0 bridgehead atoms. The second-order valence-corrected chi connectivity index (χ2v) is 7.29. The van der Waals surface area contributed by atoms with E-state index in [1.165, 1.54) is 32.1 Å². The Labute approximate surface area is 117 Å². The largest absolute Gasteiger partial charge is 0.356 e. The maximum atomic E-state index is 12.1. The summed E-state index contributed by atoms with van der Waals surface area (Å²) in [5.74, 6) is 1.36. The fraction of sp³-hybridized carbons (Fsp3) is 0.938. The molecule has 2 atom stereocenters. The molecule has 2 fully saturated rings. The van der Waals surface area contributed by atoms with Gasteiger partial charge in [0.1, 0.15) is 0 Å². The second-order valence-electron chi connectivity index (χ2n) is 7.29. The van der Waals surface area contributed by atoms with Gasteiger partial charge in [-0.3, -0.25) is 4.79 Å². The van der Waals surface area contributed by atoms with E-state index >= 15 is 0 Å². The van der Waals surface area contributed by atoms with Crippen LogP contribution in [0.5, 0.6) is 0 Å². The zero-order chi connectivity index (χ0) is 13.9. The summed E-state index contributed by atoms with van der Waals surface area (Å²) in [6.45, 7) is 5.44. The van der Waals surface area contributed by atoms with Crippen molar-refractivity contribution in [2.24, 2.45) is 23.0 Å². The predicted molar refractivity (Wildman–Crippen MR) is 78.7 cm³/mol. The van der Waals surface area contributed by atoms with Crippen molar-refractivity contribution in [1.29, 1.82) is 0 Å². The Bertz CT molecular complexity index is 310. The summed E-state index contributed by atoms with van der Waals surface area (Å²) in [5.41, 5.74) is 6.44. The molecule has 0 heterocycles. The van der Waals surface area contributed by atoms with Crippen LogP contribution in [-0.4, -0.2) is 18.5 Å². The number of amides is 1. The molecule has 0 unspecified atom stereocenters. The van der Waals surface area contributed by atoms with Crippen LogP contribution in [0.1, 0.15) is 65.2 Å². The topological polar surface area (TPSA) is 55.1 Å². The molecule has 0 aromatic carbocycles. The van der Waals surface area contributed by atoms with Crippen molar-refractivity contribution in [3.63, 3.8) is 0 Å². The highest BCUT2D eigenvalue weighted by Crippen LogP contribution is 2.45. The summed E-state index contributed by atoms with van der Waals surface area (Å²) in [6, 6.07) is 0.249. The molecule has 2 aliphatic carbocycles. The third kappa shape index (κ3) is 3.95. The lowest BCUT2D eigenvalue weighted by Crippen LogP contribution is -2.43. The monoisotopic (exact) mass is 266 g/mol. The van der Waals surface area contributed by atoms with Gasteiger partial charge >= 0.3 is 0 Å². The van der Waals surface area contributed by atoms with Gasteiger partial charge in [-0.1, -0.05) is 26.7 Å². The Morgan fingerprint density at radius 1 is 1.32 bits per heavy atom. The fourth-order valence-electron chi connectivity index (χ4n) is 3.91. The number of nitrogens with two attached hydrogens (primary N) is 1. The first-order chi connectivity index (χ1) is 9.01. The predicted octanol–water partition coefficient (Wildman–Crippen LogP) is 2.84. The molecule has 0 saturated heterocycles. The van der Waals surface area contributed by atoms with E-state index in [0.29, 0.717) is 17.8 Å². The first kappa shape index (κ1) is 14.8. The molecule has 0 spiro atoms. The van der Waals surface area contributed by atoms with Gasteiger partial charge in [0.05, 0.1) is 0 Å². The van der Waals surface area contributed by atoms with Gasteiger partial charge in [0.15, 0.2) is 0 Å². The van der Waals surface area contributed by atoms with Crippen molar-refractivity contribution >= 4 is 5.91 Å². The van der Waals surface area contributed by atoms with Crippen molar-refractivity contribution < 1.29 is 4.79 Å². The van der Waals surface area contributed by atoms with E-state index in [1.54, 1.807) is 0 Å². The van der Waals surface area contributed by atoms with Gasteiger partial charge in [-0.05, 0) is 49.4 Å². The number of hydrogen-bond acceptors (Lipinski definition) is 2. The maximum Gasteiger partial charge on any atom is 0.220 e. The number of rotatable bonds is 6. The smallest absolute Gasteiger partial charge is 0.220 e. The summed E-state index contributed by atoms with van der Waals surface area (Å²) in [4.78, 5) is 12.1. The molecule has 3 heteroatoms. The zero-order valence-corrected chi connectivity index (χ0v) is 12.6. The van der Waals surface area contributed by atoms with Crippen molar-refractivity contribution in [3.8, 4) is 0 Å². The molecule has 3 N–H and O–H groups in total. The quantitative estimate of drug-likeness (QED) is 0.776. The number of carbonyl (C=O) groups excluding carboxylic acids is 1. The summed E-state index contributed by atoms with van der Waals surface area (Å²) in [6.07, 6.45) is 9.20. The minimum Gasteiger partial charge on any atom is -0.356 e. The molecule has 2 aliphatic rings. The Balaban J connectivity index is 1.73. The summed E-state index contributed by atoms with van der Waals surface area (Å²) >= 11 is 0. The molecule has 2 rings (SSSR count). The van der Waals surface area contributed by atoms with Gasteiger partial charge < -0.3 is 11.1 Å². The van der Waals surface area contributed by atoms with Crippen LogP contribution in [0.2, 0.25) is 0 Å². The Kier molecular flexibility index (Phi) is 4.88. The molecule has 19 heavy (non-hydrogen) atoms. The number of hydrogen-bond donors (Lipinski definition) is 2. The molecule has 2 saturated carbocycles. The average molecular weight is 266 g/mol. The van der Waals surface area contributed by atoms with Crippen LogP contribution in [0.3, 0.4) is 0 Å². The Morgan fingerprint density at radius 3 is 2.53 bits per heavy atom. The average Bonchev–Trinajstić information content (AvgIpc) is 2.68. The first-order valence-corrected chi connectivity index (χ1v) is 8.03. The second kappa shape index (κ2) is 6.25. The normalized spacial score (nSPS) is 29.3. The summed E-state index contributed by atoms with van der Waals surface area (Å²) < 4.78 is 0. The third-order valence-electron chi connectivity index (χ3n) is 5.08. The number of nitrogens with one attached hydrogen (secondary N) is 1. The lowest BCUT2D eigenvalue weighted by molar-refractivity contribution is -0.123. The highest BCUT2D eigenvalue weighted by molar-refractivity contribution is 5.76. The lowest BCUT2D eigenvalue weighted by atomic mass is 9.64. The molecule has 0 aliphatic heterocycles. The molecular formula is C16H30N2O. The van der Waals surface area contributed by atoms with Gasteiger partial charge in [-0.15, -0.1) is 0 Å². The molecule has 3 nitrogen and oxygen atoms in total. The van der Waals surface area contributed by atoms with Crippen molar-refractivity contribution in [3.05, 3.63) is 0 Å². The molecule has 0 radical (unpaired) electrons. The zero-order valence-electron chi connectivity index (χ0n) is 12.6. The molecule has 110 valence electrons. The minimum absolute atomic E-state index is 0.220. The van der Waals surface area contributed by atoms with E-state index in [1.807, 2.05) is 0 Å². The van der Waals surface area contributed by atoms with E-state index in [9.17, 15) is 4.79 Å².